The highest BCUT2D eigenvalue weighted by Crippen LogP contribution is 2.48. The van der Waals surface area contributed by atoms with Crippen LogP contribution in [0.1, 0.15) is 55.4 Å². The third kappa shape index (κ3) is 4.37. The molecule has 3 nitrogen and oxygen atoms in total. The summed E-state index contributed by atoms with van der Waals surface area (Å²) >= 11 is 0. The van der Waals surface area contributed by atoms with E-state index in [2.05, 4.69) is 24.3 Å². The molecule has 0 aromatic heterocycles. The maximum absolute atomic E-state index is 13.5. The molecule has 4 rings (SSSR count). The summed E-state index contributed by atoms with van der Waals surface area (Å²) < 4.78 is 25.6. The predicted octanol–water partition coefficient (Wildman–Crippen LogP) is 5.61. The smallest absolute Gasteiger partial charge is 0.311 e. The maximum Gasteiger partial charge on any atom is 0.311 e. The number of hydrogen-bond acceptors (Lipinski definition) is 3. The van der Waals surface area contributed by atoms with Gasteiger partial charge in [0.05, 0.1) is 18.6 Å². The van der Waals surface area contributed by atoms with Crippen molar-refractivity contribution in [3.8, 4) is 0 Å². The van der Waals surface area contributed by atoms with Gasteiger partial charge in [-0.2, -0.15) is 0 Å². The average molecular weight is 397 g/mol. The van der Waals surface area contributed by atoms with Crippen molar-refractivity contribution in [1.82, 2.24) is 0 Å². The van der Waals surface area contributed by atoms with Gasteiger partial charge < -0.3 is 9.47 Å². The summed E-state index contributed by atoms with van der Waals surface area (Å²) in [6.45, 7) is 4.28. The minimum atomic E-state index is -0.337. The van der Waals surface area contributed by atoms with Gasteiger partial charge in [-0.25, -0.2) is 4.39 Å². The minimum Gasteiger partial charge on any atom is -0.466 e. The van der Waals surface area contributed by atoms with E-state index in [-0.39, 0.29) is 29.9 Å². The second kappa shape index (κ2) is 8.66. The molecular formula is C25H29FO3. The molecule has 0 heterocycles. The van der Waals surface area contributed by atoms with Crippen LogP contribution in [0.5, 0.6) is 0 Å². The summed E-state index contributed by atoms with van der Waals surface area (Å²) in [7, 11) is 0. The van der Waals surface area contributed by atoms with E-state index in [1.165, 1.54) is 17.7 Å². The number of ether oxygens (including phenoxy) is 2. The molecule has 3 unspecified atom stereocenters. The first-order chi connectivity index (χ1) is 14.0. The molecule has 2 fully saturated rings. The summed E-state index contributed by atoms with van der Waals surface area (Å²) in [6, 6.07) is 14.7. The standard InChI is InChI=1S/C25H29FO3/c1-3-28-25(27)23-20-9-6-17(14-20)15-22(23)29-24(18-7-4-16(2)5-8-18)19-10-12-21(26)13-11-19/h4-5,7-8,10-13,17,20,22-24H,3,6,9,14-15H2,1-2H3/t17?,20?,22-,23+,24?/m0/s1. The van der Waals surface area contributed by atoms with Crippen molar-refractivity contribution in [1.29, 1.82) is 0 Å². The van der Waals surface area contributed by atoms with Gasteiger partial charge in [0.25, 0.3) is 0 Å². The van der Waals surface area contributed by atoms with Crippen LogP contribution in [0.15, 0.2) is 48.5 Å². The maximum atomic E-state index is 13.5. The van der Waals surface area contributed by atoms with Crippen molar-refractivity contribution in [2.75, 3.05) is 6.61 Å². The van der Waals surface area contributed by atoms with Crippen molar-refractivity contribution in [3.05, 3.63) is 71.0 Å². The lowest BCUT2D eigenvalue weighted by atomic mass is 9.77. The summed E-state index contributed by atoms with van der Waals surface area (Å²) in [5, 5.41) is 0. The van der Waals surface area contributed by atoms with Crippen LogP contribution in [-0.4, -0.2) is 18.7 Å². The molecule has 2 aromatic carbocycles. The number of esters is 1. The first-order valence-electron chi connectivity index (χ1n) is 10.7. The quantitative estimate of drug-likeness (QED) is 0.596. The van der Waals surface area contributed by atoms with Gasteiger partial charge in [-0.3, -0.25) is 4.79 Å². The summed E-state index contributed by atoms with van der Waals surface area (Å²) in [4.78, 5) is 12.8. The second-order valence-electron chi connectivity index (χ2n) is 8.47. The molecule has 2 bridgehead atoms. The number of carbonyl (C=O) groups excluding carboxylic acids is 1. The SMILES string of the molecule is CCOC(=O)[C@@H]1C2CCC(C2)C[C@@H]1OC(c1ccc(C)cc1)c1ccc(F)cc1. The van der Waals surface area contributed by atoms with Crippen LogP contribution in [0.25, 0.3) is 0 Å². The Morgan fingerprint density at radius 1 is 1.03 bits per heavy atom. The fourth-order valence-electron chi connectivity index (χ4n) is 5.06. The van der Waals surface area contributed by atoms with Gasteiger partial charge in [0.15, 0.2) is 0 Å². The molecule has 2 aliphatic carbocycles. The molecule has 29 heavy (non-hydrogen) atoms. The third-order valence-electron chi connectivity index (χ3n) is 6.48. The van der Waals surface area contributed by atoms with Crippen molar-refractivity contribution >= 4 is 5.97 Å². The van der Waals surface area contributed by atoms with Gasteiger partial charge in [0.2, 0.25) is 0 Å². The van der Waals surface area contributed by atoms with Crippen molar-refractivity contribution in [3.63, 3.8) is 0 Å². The average Bonchev–Trinajstić information content (AvgIpc) is 3.09. The number of carbonyl (C=O) groups is 1. The van der Waals surface area contributed by atoms with Gasteiger partial charge in [-0.1, -0.05) is 48.4 Å². The van der Waals surface area contributed by atoms with Crippen molar-refractivity contribution in [2.45, 2.75) is 51.7 Å². The van der Waals surface area contributed by atoms with Gasteiger partial charge >= 0.3 is 5.97 Å². The van der Waals surface area contributed by atoms with E-state index in [1.807, 2.05) is 13.8 Å². The first kappa shape index (κ1) is 20.1. The third-order valence-corrected chi connectivity index (χ3v) is 6.48. The van der Waals surface area contributed by atoms with Crippen molar-refractivity contribution in [2.24, 2.45) is 17.8 Å². The van der Waals surface area contributed by atoms with E-state index < -0.39 is 0 Å². The highest BCUT2D eigenvalue weighted by atomic mass is 19.1. The zero-order valence-corrected chi connectivity index (χ0v) is 17.1. The normalized spacial score (nSPS) is 26.9. The number of rotatable bonds is 6. The number of aryl methyl sites for hydroxylation is 1. The van der Waals surface area contributed by atoms with E-state index in [4.69, 9.17) is 9.47 Å². The Balaban J connectivity index is 1.65. The summed E-state index contributed by atoms with van der Waals surface area (Å²) in [5.74, 6) is 0.329. The molecule has 0 N–H and O–H groups in total. The largest absolute Gasteiger partial charge is 0.466 e. The Hall–Kier alpha value is -2.20. The van der Waals surface area contributed by atoms with Gasteiger partial charge in [0, 0.05) is 0 Å². The summed E-state index contributed by atoms with van der Waals surface area (Å²) in [6.07, 6.45) is 3.68. The van der Waals surface area contributed by atoms with Crippen LogP contribution >= 0.6 is 0 Å². The Kier molecular flexibility index (Phi) is 6.00. The highest BCUT2D eigenvalue weighted by molar-refractivity contribution is 5.73. The lowest BCUT2D eigenvalue weighted by molar-refractivity contribution is -0.162. The van der Waals surface area contributed by atoms with Crippen LogP contribution in [-0.2, 0) is 14.3 Å². The fourth-order valence-corrected chi connectivity index (χ4v) is 5.06. The Labute approximate surface area is 172 Å². The number of halogens is 1. The Morgan fingerprint density at radius 2 is 1.69 bits per heavy atom. The highest BCUT2D eigenvalue weighted by Gasteiger charge is 2.47. The Bertz CT molecular complexity index is 785. The van der Waals surface area contributed by atoms with Gasteiger partial charge in [0.1, 0.15) is 11.9 Å². The lowest BCUT2D eigenvalue weighted by Crippen LogP contribution is -2.41. The molecule has 2 saturated carbocycles. The second-order valence-corrected chi connectivity index (χ2v) is 8.47. The molecule has 0 radical (unpaired) electrons. The molecule has 0 amide bonds. The van der Waals surface area contributed by atoms with Gasteiger partial charge in [-0.05, 0) is 68.2 Å². The molecule has 0 aliphatic heterocycles. The van der Waals surface area contributed by atoms with Crippen LogP contribution in [0.3, 0.4) is 0 Å². The molecule has 4 heteroatoms. The molecule has 154 valence electrons. The van der Waals surface area contributed by atoms with Crippen molar-refractivity contribution < 1.29 is 18.7 Å². The van der Waals surface area contributed by atoms with E-state index in [1.54, 1.807) is 12.1 Å². The van der Waals surface area contributed by atoms with E-state index in [0.717, 1.165) is 36.8 Å². The van der Waals surface area contributed by atoms with Crippen LogP contribution in [0.4, 0.5) is 4.39 Å². The first-order valence-corrected chi connectivity index (χ1v) is 10.7. The number of hydrogen-bond donors (Lipinski definition) is 0. The zero-order chi connectivity index (χ0) is 20.4. The van der Waals surface area contributed by atoms with E-state index in [0.29, 0.717) is 18.4 Å². The van der Waals surface area contributed by atoms with Crippen LogP contribution < -0.4 is 0 Å². The lowest BCUT2D eigenvalue weighted by Gasteiger charge is -2.37. The molecule has 2 aromatic rings. The zero-order valence-electron chi connectivity index (χ0n) is 17.1. The number of benzene rings is 2. The predicted molar refractivity (Wildman–Crippen MR) is 110 cm³/mol. The number of fused-ring (bicyclic) bond motifs is 2. The molecular weight excluding hydrogens is 367 g/mol. The molecule has 5 atom stereocenters. The van der Waals surface area contributed by atoms with Gasteiger partial charge in [-0.15, -0.1) is 0 Å². The summed E-state index contributed by atoms with van der Waals surface area (Å²) in [5.41, 5.74) is 3.09. The monoisotopic (exact) mass is 396 g/mol. The molecule has 0 spiro atoms. The fraction of sp³-hybridized carbons (Fsp3) is 0.480. The van der Waals surface area contributed by atoms with Crippen LogP contribution in [0, 0.1) is 30.5 Å². The van der Waals surface area contributed by atoms with E-state index >= 15 is 0 Å². The van der Waals surface area contributed by atoms with Crippen LogP contribution in [0.2, 0.25) is 0 Å². The topological polar surface area (TPSA) is 35.5 Å². The molecule has 0 saturated heterocycles. The van der Waals surface area contributed by atoms with E-state index in [9.17, 15) is 9.18 Å². The Morgan fingerprint density at radius 3 is 2.34 bits per heavy atom. The minimum absolute atomic E-state index is 0.135. The molecule has 2 aliphatic rings.